The number of H-pyrrole nitrogens is 2. The molecule has 2 N–H and O–H groups in total. The minimum atomic E-state index is -0.400. The SMILES string of the molecule is CC(C)c1[nH]nc2ccc(F)c(Cl)c12.Cc1ccc2n[nH]c(C(C)C)c2c1Cl. The average Bonchev–Trinajstić information content (AvgIpc) is 3.27. The van der Waals surface area contributed by atoms with Crippen molar-refractivity contribution in [3.63, 3.8) is 0 Å². The van der Waals surface area contributed by atoms with E-state index in [0.29, 0.717) is 16.8 Å². The highest BCUT2D eigenvalue weighted by molar-refractivity contribution is 6.36. The smallest absolute Gasteiger partial charge is 0.142 e. The summed E-state index contributed by atoms with van der Waals surface area (Å²) in [5.41, 5.74) is 4.75. The summed E-state index contributed by atoms with van der Waals surface area (Å²) in [5, 5.41) is 17.0. The molecule has 7 heteroatoms. The summed E-state index contributed by atoms with van der Waals surface area (Å²) < 4.78 is 13.2. The van der Waals surface area contributed by atoms with Gasteiger partial charge in [-0.15, -0.1) is 0 Å². The first-order valence-corrected chi connectivity index (χ1v) is 9.93. The molecule has 0 atom stereocenters. The Bertz CT molecular complexity index is 1040. The third-order valence-corrected chi connectivity index (χ3v) is 5.53. The molecular weight excluding hydrogens is 398 g/mol. The minimum absolute atomic E-state index is 0.153. The van der Waals surface area contributed by atoms with Gasteiger partial charge in [0.1, 0.15) is 5.82 Å². The molecular formula is C21H23Cl2FN4. The fourth-order valence-corrected chi connectivity index (χ4v) is 3.62. The Hall–Kier alpha value is -2.11. The molecule has 0 fully saturated rings. The van der Waals surface area contributed by atoms with Crippen LogP contribution < -0.4 is 0 Å². The van der Waals surface area contributed by atoms with E-state index >= 15 is 0 Å². The summed E-state index contributed by atoms with van der Waals surface area (Å²) in [6, 6.07) is 6.95. The Morgan fingerprint density at radius 3 is 1.75 bits per heavy atom. The van der Waals surface area contributed by atoms with Crippen molar-refractivity contribution in [1.82, 2.24) is 20.4 Å². The van der Waals surface area contributed by atoms with Crippen LogP contribution in [0, 0.1) is 12.7 Å². The maximum atomic E-state index is 13.2. The highest BCUT2D eigenvalue weighted by Crippen LogP contribution is 2.32. The topological polar surface area (TPSA) is 57.4 Å². The number of aryl methyl sites for hydroxylation is 1. The van der Waals surface area contributed by atoms with Crippen LogP contribution in [0.3, 0.4) is 0 Å². The molecule has 0 bridgehead atoms. The largest absolute Gasteiger partial charge is 0.281 e. The number of rotatable bonds is 2. The van der Waals surface area contributed by atoms with Gasteiger partial charge in [-0.05, 0) is 42.5 Å². The van der Waals surface area contributed by atoms with Crippen LogP contribution in [0.25, 0.3) is 21.8 Å². The van der Waals surface area contributed by atoms with Gasteiger partial charge in [-0.1, -0.05) is 57.0 Å². The molecule has 0 aliphatic heterocycles. The summed E-state index contributed by atoms with van der Waals surface area (Å²) in [7, 11) is 0. The molecule has 4 rings (SSSR count). The second-order valence-electron chi connectivity index (χ2n) is 7.43. The first-order valence-electron chi connectivity index (χ1n) is 9.17. The van der Waals surface area contributed by atoms with E-state index in [1.165, 1.54) is 6.07 Å². The number of nitrogens with one attached hydrogen (secondary N) is 2. The maximum Gasteiger partial charge on any atom is 0.142 e. The number of benzene rings is 2. The van der Waals surface area contributed by atoms with Crippen molar-refractivity contribution in [2.24, 2.45) is 0 Å². The van der Waals surface area contributed by atoms with Gasteiger partial charge < -0.3 is 0 Å². The van der Waals surface area contributed by atoms with Gasteiger partial charge in [0.05, 0.1) is 21.1 Å². The zero-order chi connectivity index (χ0) is 20.6. The average molecular weight is 421 g/mol. The number of hydrogen-bond donors (Lipinski definition) is 2. The lowest BCUT2D eigenvalue weighted by Crippen LogP contribution is -1.89. The Morgan fingerprint density at radius 1 is 0.786 bits per heavy atom. The summed E-state index contributed by atoms with van der Waals surface area (Å²) in [6.07, 6.45) is 0. The van der Waals surface area contributed by atoms with Crippen LogP contribution in [-0.4, -0.2) is 20.4 Å². The van der Waals surface area contributed by atoms with Gasteiger partial charge in [0.2, 0.25) is 0 Å². The summed E-state index contributed by atoms with van der Waals surface area (Å²) >= 11 is 12.1. The second kappa shape index (κ2) is 8.10. The fraction of sp³-hybridized carbons (Fsp3) is 0.333. The fourth-order valence-electron chi connectivity index (χ4n) is 3.10. The predicted octanol–water partition coefficient (Wildman–Crippen LogP) is 7.13. The van der Waals surface area contributed by atoms with Gasteiger partial charge in [0.25, 0.3) is 0 Å². The molecule has 4 aromatic rings. The van der Waals surface area contributed by atoms with E-state index in [-0.39, 0.29) is 10.9 Å². The number of aromatic amines is 2. The normalized spacial score (nSPS) is 11.5. The number of hydrogen-bond acceptors (Lipinski definition) is 2. The molecule has 0 radical (unpaired) electrons. The van der Waals surface area contributed by atoms with Gasteiger partial charge in [0.15, 0.2) is 0 Å². The monoisotopic (exact) mass is 420 g/mol. The Balaban J connectivity index is 0.000000161. The molecule has 0 aliphatic rings. The van der Waals surface area contributed by atoms with Gasteiger partial charge in [-0.25, -0.2) is 4.39 Å². The summed E-state index contributed by atoms with van der Waals surface area (Å²) in [4.78, 5) is 0. The van der Waals surface area contributed by atoms with Crippen molar-refractivity contribution in [2.45, 2.75) is 46.5 Å². The van der Waals surface area contributed by atoms with Crippen LogP contribution in [0.2, 0.25) is 10.0 Å². The molecule has 148 valence electrons. The number of halogens is 3. The van der Waals surface area contributed by atoms with E-state index in [4.69, 9.17) is 23.2 Å². The van der Waals surface area contributed by atoms with Crippen molar-refractivity contribution >= 4 is 45.0 Å². The zero-order valence-corrected chi connectivity index (χ0v) is 18.0. The number of aromatic nitrogens is 4. The zero-order valence-electron chi connectivity index (χ0n) is 16.5. The summed E-state index contributed by atoms with van der Waals surface area (Å²) in [5.74, 6) is 0.265. The first kappa shape index (κ1) is 20.6. The first-order chi connectivity index (χ1) is 13.2. The van der Waals surface area contributed by atoms with E-state index in [1.54, 1.807) is 6.07 Å². The molecule has 28 heavy (non-hydrogen) atoms. The van der Waals surface area contributed by atoms with Crippen molar-refractivity contribution in [1.29, 1.82) is 0 Å². The van der Waals surface area contributed by atoms with Crippen molar-refractivity contribution in [3.8, 4) is 0 Å². The third kappa shape index (κ3) is 3.74. The molecule has 0 unspecified atom stereocenters. The molecule has 2 aromatic heterocycles. The van der Waals surface area contributed by atoms with Gasteiger partial charge in [-0.2, -0.15) is 10.2 Å². The Kier molecular flexibility index (Phi) is 5.96. The van der Waals surface area contributed by atoms with Crippen molar-refractivity contribution in [2.75, 3.05) is 0 Å². The van der Waals surface area contributed by atoms with E-state index in [9.17, 15) is 4.39 Å². The van der Waals surface area contributed by atoms with Crippen LogP contribution in [0.5, 0.6) is 0 Å². The molecule has 0 saturated carbocycles. The van der Waals surface area contributed by atoms with Gasteiger partial charge >= 0.3 is 0 Å². The van der Waals surface area contributed by atoms with E-state index in [1.807, 2.05) is 32.9 Å². The molecule has 0 amide bonds. The van der Waals surface area contributed by atoms with Crippen molar-refractivity contribution < 1.29 is 4.39 Å². The van der Waals surface area contributed by atoms with Crippen molar-refractivity contribution in [3.05, 3.63) is 57.1 Å². The highest BCUT2D eigenvalue weighted by Gasteiger charge is 2.15. The highest BCUT2D eigenvalue weighted by atomic mass is 35.5. The van der Waals surface area contributed by atoms with Crippen LogP contribution in [0.4, 0.5) is 4.39 Å². The van der Waals surface area contributed by atoms with Gasteiger partial charge in [0, 0.05) is 22.2 Å². The molecule has 0 saturated heterocycles. The number of fused-ring (bicyclic) bond motifs is 2. The Morgan fingerprint density at radius 2 is 1.25 bits per heavy atom. The lowest BCUT2D eigenvalue weighted by Gasteiger charge is -2.04. The minimum Gasteiger partial charge on any atom is -0.281 e. The van der Waals surface area contributed by atoms with Crippen LogP contribution in [0.15, 0.2) is 24.3 Å². The van der Waals surface area contributed by atoms with E-state index in [2.05, 4.69) is 34.2 Å². The molecule has 0 spiro atoms. The molecule has 2 aromatic carbocycles. The third-order valence-electron chi connectivity index (χ3n) is 4.67. The van der Waals surface area contributed by atoms with Gasteiger partial charge in [-0.3, -0.25) is 10.2 Å². The van der Waals surface area contributed by atoms with Crippen LogP contribution in [0.1, 0.15) is 56.5 Å². The Labute approximate surface area is 173 Å². The molecule has 0 aliphatic carbocycles. The standard InChI is InChI=1S/C11H13ClN2.C10H10ClFN2/c1-6(2)11-9-8(13-14-11)5-4-7(3)10(9)12;1-5(2)10-8-7(13-14-10)4-3-6(12)9(8)11/h4-6H,1-3H3,(H,13,14);3-5H,1-2H3,(H,13,14). The second-order valence-corrected chi connectivity index (χ2v) is 8.19. The van der Waals surface area contributed by atoms with E-state index < -0.39 is 5.82 Å². The van der Waals surface area contributed by atoms with Crippen LogP contribution >= 0.6 is 23.2 Å². The molecule has 4 nitrogen and oxygen atoms in total. The maximum absolute atomic E-state index is 13.2. The lowest BCUT2D eigenvalue weighted by molar-refractivity contribution is 0.630. The quantitative estimate of drug-likeness (QED) is 0.362. The van der Waals surface area contributed by atoms with E-state index in [0.717, 1.165) is 32.9 Å². The summed E-state index contributed by atoms with van der Waals surface area (Å²) in [6.45, 7) is 10.3. The molecule has 2 heterocycles. The number of nitrogens with zero attached hydrogens (tertiary/aromatic N) is 2. The lowest BCUT2D eigenvalue weighted by atomic mass is 10.0. The van der Waals surface area contributed by atoms with Crippen LogP contribution in [-0.2, 0) is 0 Å². The predicted molar refractivity (Wildman–Crippen MR) is 115 cm³/mol.